The molecule has 1 aliphatic rings. The molecule has 0 saturated heterocycles. The second-order valence-electron chi connectivity index (χ2n) is 6.47. The van der Waals surface area contributed by atoms with E-state index < -0.39 is 0 Å². The molecule has 112 valence electrons. The number of nitrogens with zero attached hydrogens (tertiary/aromatic N) is 1. The predicted molar refractivity (Wildman–Crippen MR) is 87.9 cm³/mol. The van der Waals surface area contributed by atoms with Crippen LogP contribution in [-0.2, 0) is 0 Å². The summed E-state index contributed by atoms with van der Waals surface area (Å²) in [6, 6.07) is 8.68. The number of anilines is 1. The van der Waals surface area contributed by atoms with Crippen LogP contribution in [0.4, 0.5) is 5.82 Å². The highest BCUT2D eigenvalue weighted by atomic mass is 16.5. The van der Waals surface area contributed by atoms with Gasteiger partial charge in [-0.1, -0.05) is 26.0 Å². The van der Waals surface area contributed by atoms with Crippen molar-refractivity contribution in [3.63, 3.8) is 0 Å². The molecule has 2 aromatic rings. The summed E-state index contributed by atoms with van der Waals surface area (Å²) in [6.45, 7) is 4.70. The molecule has 1 saturated carbocycles. The number of hydrogen-bond donors (Lipinski definition) is 1. The van der Waals surface area contributed by atoms with E-state index in [1.165, 1.54) is 19.3 Å². The summed E-state index contributed by atoms with van der Waals surface area (Å²) >= 11 is 0. The van der Waals surface area contributed by atoms with Crippen molar-refractivity contribution < 1.29 is 4.74 Å². The molecule has 0 spiro atoms. The van der Waals surface area contributed by atoms with E-state index >= 15 is 0 Å². The molecule has 1 fully saturated rings. The Labute approximate surface area is 126 Å². The standard InChI is InChI=1S/C18H24N2O/c1-12-9-13(2)11-14(10-12)20-18-16-5-4-6-17(21-3)15(16)7-8-19-18/h4-8,12-14H,9-11H2,1-3H3,(H,19,20). The van der Waals surface area contributed by atoms with Gasteiger partial charge in [0.25, 0.3) is 0 Å². The third kappa shape index (κ3) is 2.97. The molecule has 2 unspecified atom stereocenters. The van der Waals surface area contributed by atoms with E-state index in [1.807, 2.05) is 24.4 Å². The monoisotopic (exact) mass is 284 g/mol. The fourth-order valence-electron chi connectivity index (χ4n) is 3.73. The van der Waals surface area contributed by atoms with Crippen LogP contribution < -0.4 is 10.1 Å². The summed E-state index contributed by atoms with van der Waals surface area (Å²) in [5.41, 5.74) is 0. The van der Waals surface area contributed by atoms with Crippen LogP contribution in [0.3, 0.4) is 0 Å². The summed E-state index contributed by atoms with van der Waals surface area (Å²) in [7, 11) is 1.72. The van der Waals surface area contributed by atoms with Crippen molar-refractivity contribution in [1.29, 1.82) is 0 Å². The fourth-order valence-corrected chi connectivity index (χ4v) is 3.73. The van der Waals surface area contributed by atoms with E-state index in [0.717, 1.165) is 34.2 Å². The Morgan fingerprint density at radius 2 is 1.81 bits per heavy atom. The number of benzene rings is 1. The van der Waals surface area contributed by atoms with Gasteiger partial charge in [0.15, 0.2) is 0 Å². The summed E-state index contributed by atoms with van der Waals surface area (Å²) in [5, 5.41) is 5.93. The first-order valence-corrected chi connectivity index (χ1v) is 7.85. The highest BCUT2D eigenvalue weighted by Crippen LogP contribution is 2.33. The average molecular weight is 284 g/mol. The SMILES string of the molecule is COc1cccc2c(NC3CC(C)CC(C)C3)nccc12. The quantitative estimate of drug-likeness (QED) is 0.902. The lowest BCUT2D eigenvalue weighted by molar-refractivity contribution is 0.280. The summed E-state index contributed by atoms with van der Waals surface area (Å²) in [5.74, 6) is 3.47. The molecule has 21 heavy (non-hydrogen) atoms. The molecule has 1 N–H and O–H groups in total. The highest BCUT2D eigenvalue weighted by Gasteiger charge is 2.24. The van der Waals surface area contributed by atoms with E-state index in [9.17, 15) is 0 Å². The first-order chi connectivity index (χ1) is 10.2. The number of aromatic nitrogens is 1. The molecule has 1 aromatic carbocycles. The minimum Gasteiger partial charge on any atom is -0.496 e. The van der Waals surface area contributed by atoms with E-state index in [2.05, 4.69) is 30.2 Å². The summed E-state index contributed by atoms with van der Waals surface area (Å²) in [4.78, 5) is 4.56. The minimum absolute atomic E-state index is 0.521. The first-order valence-electron chi connectivity index (χ1n) is 7.85. The van der Waals surface area contributed by atoms with Crippen molar-refractivity contribution in [3.05, 3.63) is 30.5 Å². The van der Waals surface area contributed by atoms with Crippen LogP contribution in [-0.4, -0.2) is 18.1 Å². The number of ether oxygens (including phenoxy) is 1. The van der Waals surface area contributed by atoms with Gasteiger partial charge in [-0.2, -0.15) is 0 Å². The zero-order chi connectivity index (χ0) is 14.8. The molecular weight excluding hydrogens is 260 g/mol. The third-order valence-corrected chi connectivity index (χ3v) is 4.51. The molecule has 0 bridgehead atoms. The van der Waals surface area contributed by atoms with Gasteiger partial charge in [0.2, 0.25) is 0 Å². The third-order valence-electron chi connectivity index (χ3n) is 4.51. The Hall–Kier alpha value is -1.77. The highest BCUT2D eigenvalue weighted by molar-refractivity contribution is 5.95. The van der Waals surface area contributed by atoms with E-state index in [0.29, 0.717) is 6.04 Å². The van der Waals surface area contributed by atoms with E-state index in [4.69, 9.17) is 4.74 Å². The summed E-state index contributed by atoms with van der Waals surface area (Å²) < 4.78 is 5.45. The van der Waals surface area contributed by atoms with E-state index in [1.54, 1.807) is 7.11 Å². The second kappa shape index (κ2) is 5.92. The van der Waals surface area contributed by atoms with Gasteiger partial charge in [-0.3, -0.25) is 0 Å². The number of fused-ring (bicyclic) bond motifs is 1. The van der Waals surface area contributed by atoms with Gasteiger partial charge in [-0.15, -0.1) is 0 Å². The molecule has 1 heterocycles. The van der Waals surface area contributed by atoms with Gasteiger partial charge in [0.05, 0.1) is 7.11 Å². The lowest BCUT2D eigenvalue weighted by Crippen LogP contribution is -2.30. The number of methoxy groups -OCH3 is 1. The zero-order valence-electron chi connectivity index (χ0n) is 13.1. The molecule has 2 atom stereocenters. The molecule has 0 radical (unpaired) electrons. The van der Waals surface area contributed by atoms with E-state index in [-0.39, 0.29) is 0 Å². The first kappa shape index (κ1) is 14.2. The molecule has 3 rings (SSSR count). The van der Waals surface area contributed by atoms with Gasteiger partial charge in [-0.05, 0) is 43.2 Å². The predicted octanol–water partition coefficient (Wildman–Crippen LogP) is 4.48. The maximum Gasteiger partial charge on any atom is 0.134 e. The van der Waals surface area contributed by atoms with Crippen molar-refractivity contribution in [3.8, 4) is 5.75 Å². The largest absolute Gasteiger partial charge is 0.496 e. The normalized spacial score (nSPS) is 25.8. The molecule has 1 aromatic heterocycles. The molecule has 3 nitrogen and oxygen atoms in total. The van der Waals surface area contributed by atoms with Gasteiger partial charge in [-0.25, -0.2) is 4.98 Å². The number of hydrogen-bond acceptors (Lipinski definition) is 3. The number of rotatable bonds is 3. The molecular formula is C18H24N2O. The van der Waals surface area contributed by atoms with Crippen LogP contribution in [0.15, 0.2) is 30.5 Å². The van der Waals surface area contributed by atoms with Crippen molar-refractivity contribution in [2.45, 2.75) is 39.2 Å². The Balaban J connectivity index is 1.90. The van der Waals surface area contributed by atoms with Crippen molar-refractivity contribution in [1.82, 2.24) is 4.98 Å². The number of pyridine rings is 1. The number of nitrogens with one attached hydrogen (secondary N) is 1. The van der Waals surface area contributed by atoms with Crippen LogP contribution in [0.25, 0.3) is 10.8 Å². The lowest BCUT2D eigenvalue weighted by Gasteiger charge is -2.32. The molecule has 0 amide bonds. The van der Waals surface area contributed by atoms with Crippen molar-refractivity contribution >= 4 is 16.6 Å². The molecule has 0 aliphatic heterocycles. The topological polar surface area (TPSA) is 34.1 Å². The van der Waals surface area contributed by atoms with Crippen molar-refractivity contribution in [2.24, 2.45) is 11.8 Å². The fraction of sp³-hybridized carbons (Fsp3) is 0.500. The maximum absolute atomic E-state index is 5.45. The van der Waals surface area contributed by atoms with Crippen LogP contribution >= 0.6 is 0 Å². The second-order valence-corrected chi connectivity index (χ2v) is 6.47. The Bertz CT molecular complexity index is 616. The van der Waals surface area contributed by atoms with Gasteiger partial charge >= 0.3 is 0 Å². The lowest BCUT2D eigenvalue weighted by atomic mass is 9.80. The van der Waals surface area contributed by atoms with Crippen LogP contribution in [0, 0.1) is 11.8 Å². The summed E-state index contributed by atoms with van der Waals surface area (Å²) in [6.07, 6.45) is 5.66. The maximum atomic E-state index is 5.45. The van der Waals surface area contributed by atoms with Gasteiger partial charge < -0.3 is 10.1 Å². The van der Waals surface area contributed by atoms with Gasteiger partial charge in [0, 0.05) is 23.0 Å². The minimum atomic E-state index is 0.521. The smallest absolute Gasteiger partial charge is 0.134 e. The van der Waals surface area contributed by atoms with Crippen LogP contribution in [0.2, 0.25) is 0 Å². The Morgan fingerprint density at radius 1 is 1.05 bits per heavy atom. The molecule has 1 aliphatic carbocycles. The average Bonchev–Trinajstić information content (AvgIpc) is 2.46. The van der Waals surface area contributed by atoms with Gasteiger partial charge in [0.1, 0.15) is 11.6 Å². The molecule has 3 heteroatoms. The van der Waals surface area contributed by atoms with Crippen molar-refractivity contribution in [2.75, 3.05) is 12.4 Å². The van der Waals surface area contributed by atoms with Crippen LogP contribution in [0.5, 0.6) is 5.75 Å². The Kier molecular flexibility index (Phi) is 4.00. The Morgan fingerprint density at radius 3 is 2.52 bits per heavy atom. The zero-order valence-corrected chi connectivity index (χ0v) is 13.1. The van der Waals surface area contributed by atoms with Crippen LogP contribution in [0.1, 0.15) is 33.1 Å².